The molecule has 5 nitrogen and oxygen atoms in total. The molecule has 0 fully saturated rings. The second-order valence-corrected chi connectivity index (χ2v) is 2.06. The Labute approximate surface area is 58.6 Å². The summed E-state index contributed by atoms with van der Waals surface area (Å²) >= 11 is 0. The SMILES string of the molecule is NC[C@H](N)[C@H](O)CC(=O)O. The average Bonchev–Trinajstić information content (AvgIpc) is 1.85. The van der Waals surface area contributed by atoms with Crippen LogP contribution >= 0.6 is 0 Å². The molecule has 0 saturated carbocycles. The molecular formula is C5H12N2O3. The van der Waals surface area contributed by atoms with Gasteiger partial charge in [0, 0.05) is 12.6 Å². The van der Waals surface area contributed by atoms with E-state index in [1.165, 1.54) is 0 Å². The van der Waals surface area contributed by atoms with Gasteiger partial charge >= 0.3 is 5.97 Å². The van der Waals surface area contributed by atoms with E-state index < -0.39 is 18.1 Å². The minimum absolute atomic E-state index is 0.0917. The van der Waals surface area contributed by atoms with E-state index in [0.717, 1.165) is 0 Å². The van der Waals surface area contributed by atoms with Crippen LogP contribution in [0.2, 0.25) is 0 Å². The summed E-state index contributed by atoms with van der Waals surface area (Å²) < 4.78 is 0. The van der Waals surface area contributed by atoms with Gasteiger partial charge in [-0.3, -0.25) is 4.79 Å². The van der Waals surface area contributed by atoms with E-state index in [1.54, 1.807) is 0 Å². The van der Waals surface area contributed by atoms with Gasteiger partial charge in [0.05, 0.1) is 12.5 Å². The summed E-state index contributed by atoms with van der Waals surface area (Å²) in [5, 5.41) is 17.1. The number of rotatable bonds is 4. The molecule has 0 aromatic heterocycles. The van der Waals surface area contributed by atoms with Crippen molar-refractivity contribution in [3.05, 3.63) is 0 Å². The number of aliphatic hydroxyl groups is 1. The summed E-state index contributed by atoms with van der Waals surface area (Å²) in [7, 11) is 0. The van der Waals surface area contributed by atoms with Gasteiger partial charge in [-0.15, -0.1) is 0 Å². The van der Waals surface area contributed by atoms with Gasteiger partial charge in [0.15, 0.2) is 0 Å². The molecule has 0 unspecified atom stereocenters. The van der Waals surface area contributed by atoms with Crippen LogP contribution in [0.15, 0.2) is 0 Å². The maximum Gasteiger partial charge on any atom is 0.306 e. The second-order valence-electron chi connectivity index (χ2n) is 2.06. The third kappa shape index (κ3) is 3.39. The molecule has 0 aromatic rings. The Morgan fingerprint density at radius 2 is 2.10 bits per heavy atom. The Bertz CT molecular complexity index is 117. The molecule has 0 saturated heterocycles. The van der Waals surface area contributed by atoms with Gasteiger partial charge in [0.2, 0.25) is 0 Å². The third-order valence-electron chi connectivity index (χ3n) is 1.15. The quantitative estimate of drug-likeness (QED) is 0.372. The minimum Gasteiger partial charge on any atom is -0.481 e. The molecule has 5 heteroatoms. The highest BCUT2D eigenvalue weighted by atomic mass is 16.4. The molecule has 0 rings (SSSR count). The molecule has 2 atom stereocenters. The van der Waals surface area contributed by atoms with Gasteiger partial charge in [-0.2, -0.15) is 0 Å². The Morgan fingerprint density at radius 1 is 1.60 bits per heavy atom. The summed E-state index contributed by atoms with van der Waals surface area (Å²) in [6, 6.07) is -0.643. The van der Waals surface area contributed by atoms with E-state index >= 15 is 0 Å². The smallest absolute Gasteiger partial charge is 0.306 e. The summed E-state index contributed by atoms with van der Waals surface area (Å²) in [4.78, 5) is 9.97. The molecule has 0 aliphatic heterocycles. The first-order valence-corrected chi connectivity index (χ1v) is 2.93. The highest BCUT2D eigenvalue weighted by Crippen LogP contribution is 1.94. The molecule has 10 heavy (non-hydrogen) atoms. The predicted octanol–water partition coefficient (Wildman–Crippen LogP) is -1.89. The van der Waals surface area contributed by atoms with Gasteiger partial charge in [-0.25, -0.2) is 0 Å². The zero-order chi connectivity index (χ0) is 8.15. The normalized spacial score (nSPS) is 16.3. The minimum atomic E-state index is -1.07. The van der Waals surface area contributed by atoms with E-state index in [4.69, 9.17) is 21.7 Å². The van der Waals surface area contributed by atoms with E-state index in [-0.39, 0.29) is 13.0 Å². The Morgan fingerprint density at radius 3 is 2.40 bits per heavy atom. The maximum absolute atomic E-state index is 9.97. The first-order valence-electron chi connectivity index (χ1n) is 2.93. The lowest BCUT2D eigenvalue weighted by Gasteiger charge is -2.13. The van der Waals surface area contributed by atoms with Crippen molar-refractivity contribution in [2.45, 2.75) is 18.6 Å². The topological polar surface area (TPSA) is 110 Å². The lowest BCUT2D eigenvalue weighted by molar-refractivity contribution is -0.139. The van der Waals surface area contributed by atoms with E-state index in [2.05, 4.69) is 0 Å². The fourth-order valence-corrected chi connectivity index (χ4v) is 0.487. The summed E-state index contributed by atoms with van der Waals surface area (Å²) in [6.45, 7) is 0.0917. The van der Waals surface area contributed by atoms with Crippen molar-refractivity contribution in [1.29, 1.82) is 0 Å². The third-order valence-corrected chi connectivity index (χ3v) is 1.15. The molecule has 0 bridgehead atoms. The number of hydrogen-bond donors (Lipinski definition) is 4. The van der Waals surface area contributed by atoms with Crippen molar-refractivity contribution >= 4 is 5.97 Å². The van der Waals surface area contributed by atoms with Crippen molar-refractivity contribution in [2.75, 3.05) is 6.54 Å². The summed E-state index contributed by atoms with van der Waals surface area (Å²) in [5.41, 5.74) is 10.3. The number of carboxylic acid groups (broad SMARTS) is 1. The monoisotopic (exact) mass is 148 g/mol. The fourth-order valence-electron chi connectivity index (χ4n) is 0.487. The molecule has 0 amide bonds. The van der Waals surface area contributed by atoms with Gasteiger partial charge < -0.3 is 21.7 Å². The second kappa shape index (κ2) is 4.21. The van der Waals surface area contributed by atoms with Crippen LogP contribution in [0.1, 0.15) is 6.42 Å². The molecular weight excluding hydrogens is 136 g/mol. The van der Waals surface area contributed by atoms with Crippen molar-refractivity contribution in [3.8, 4) is 0 Å². The zero-order valence-electron chi connectivity index (χ0n) is 5.53. The summed E-state index contributed by atoms with van der Waals surface area (Å²) in [6.07, 6.45) is -1.39. The first-order chi connectivity index (χ1) is 4.57. The number of carboxylic acids is 1. The van der Waals surface area contributed by atoms with E-state index in [9.17, 15) is 4.79 Å². The van der Waals surface area contributed by atoms with E-state index in [0.29, 0.717) is 0 Å². The van der Waals surface area contributed by atoms with Crippen LogP contribution in [-0.2, 0) is 4.79 Å². The number of hydrogen-bond acceptors (Lipinski definition) is 4. The molecule has 0 aliphatic rings. The Kier molecular flexibility index (Phi) is 3.94. The number of aliphatic carboxylic acids is 1. The van der Waals surface area contributed by atoms with Crippen LogP contribution in [-0.4, -0.2) is 34.9 Å². The molecule has 0 radical (unpaired) electrons. The average molecular weight is 148 g/mol. The van der Waals surface area contributed by atoms with Crippen molar-refractivity contribution in [1.82, 2.24) is 0 Å². The highest BCUT2D eigenvalue weighted by Gasteiger charge is 2.15. The van der Waals surface area contributed by atoms with Crippen LogP contribution in [0, 0.1) is 0 Å². The first kappa shape index (κ1) is 9.35. The maximum atomic E-state index is 9.97. The van der Waals surface area contributed by atoms with Gasteiger partial charge in [-0.05, 0) is 0 Å². The van der Waals surface area contributed by atoms with Gasteiger partial charge in [0.1, 0.15) is 0 Å². The van der Waals surface area contributed by atoms with Crippen molar-refractivity contribution in [3.63, 3.8) is 0 Å². The van der Waals surface area contributed by atoms with Crippen molar-refractivity contribution < 1.29 is 15.0 Å². The van der Waals surface area contributed by atoms with Gasteiger partial charge in [0.25, 0.3) is 0 Å². The lowest BCUT2D eigenvalue weighted by Crippen LogP contribution is -2.42. The molecule has 6 N–H and O–H groups in total. The standard InChI is InChI=1S/C5H12N2O3/c6-2-3(7)4(8)1-5(9)10/h3-4,8H,1-2,6-7H2,(H,9,10)/t3-,4+/m0/s1. The number of carbonyl (C=O) groups is 1. The molecule has 0 aromatic carbocycles. The molecule has 60 valence electrons. The van der Waals surface area contributed by atoms with Crippen LogP contribution in [0.5, 0.6) is 0 Å². The zero-order valence-corrected chi connectivity index (χ0v) is 5.53. The molecule has 0 heterocycles. The summed E-state index contributed by atoms with van der Waals surface area (Å²) in [5.74, 6) is -1.07. The van der Waals surface area contributed by atoms with E-state index in [1.807, 2.05) is 0 Å². The number of aliphatic hydroxyl groups excluding tert-OH is 1. The highest BCUT2D eigenvalue weighted by molar-refractivity contribution is 5.67. The van der Waals surface area contributed by atoms with Crippen LogP contribution in [0.3, 0.4) is 0 Å². The van der Waals surface area contributed by atoms with Crippen molar-refractivity contribution in [2.24, 2.45) is 11.5 Å². The predicted molar refractivity (Wildman–Crippen MR) is 35.3 cm³/mol. The van der Waals surface area contributed by atoms with Crippen LogP contribution in [0.25, 0.3) is 0 Å². The van der Waals surface area contributed by atoms with Crippen LogP contribution in [0.4, 0.5) is 0 Å². The number of nitrogens with two attached hydrogens (primary N) is 2. The fraction of sp³-hybridized carbons (Fsp3) is 0.800. The van der Waals surface area contributed by atoms with Crippen LogP contribution < -0.4 is 11.5 Å². The Balaban J connectivity index is 3.61. The van der Waals surface area contributed by atoms with Gasteiger partial charge in [-0.1, -0.05) is 0 Å². The molecule has 0 aliphatic carbocycles. The largest absolute Gasteiger partial charge is 0.481 e. The lowest BCUT2D eigenvalue weighted by atomic mass is 10.1. The molecule has 0 spiro atoms. The Hall–Kier alpha value is -0.650.